The average Bonchev–Trinajstić information content (AvgIpc) is 2.62. The Morgan fingerprint density at radius 1 is 1.00 bits per heavy atom. The van der Waals surface area contributed by atoms with Gasteiger partial charge in [-0.2, -0.15) is 9.67 Å². The van der Waals surface area contributed by atoms with Gasteiger partial charge in [-0.25, -0.2) is 0 Å². The smallest absolute Gasteiger partial charge is 0.228 e. The molecule has 0 atom stereocenters. The zero-order valence-corrected chi connectivity index (χ0v) is 15.1. The van der Waals surface area contributed by atoms with Gasteiger partial charge in [-0.15, -0.1) is 0 Å². The number of aliphatic hydroxyl groups is 2. The van der Waals surface area contributed by atoms with Gasteiger partial charge in [0, 0.05) is 38.0 Å². The van der Waals surface area contributed by atoms with Crippen molar-refractivity contribution in [3.8, 4) is 0 Å². The van der Waals surface area contributed by atoms with Gasteiger partial charge in [0.05, 0.1) is 18.9 Å². The van der Waals surface area contributed by atoms with Crippen LogP contribution in [0.3, 0.4) is 0 Å². The fraction of sp³-hybridized carbons (Fsp3) is 0.368. The summed E-state index contributed by atoms with van der Waals surface area (Å²) in [6.07, 6.45) is 2.00. The van der Waals surface area contributed by atoms with E-state index in [9.17, 15) is 0 Å². The first-order valence-corrected chi connectivity index (χ1v) is 8.37. The number of nitrogens with zero attached hydrogens (tertiary/aromatic N) is 4. The maximum Gasteiger partial charge on any atom is 0.228 e. The maximum absolute atomic E-state index is 9.15. The van der Waals surface area contributed by atoms with Crippen LogP contribution in [0.15, 0.2) is 53.8 Å². The number of hydrazone groups is 1. The van der Waals surface area contributed by atoms with Crippen molar-refractivity contribution in [2.24, 2.45) is 12.1 Å². The lowest BCUT2D eigenvalue weighted by Crippen LogP contribution is -2.35. The number of pyridine rings is 1. The predicted octanol–water partition coefficient (Wildman–Crippen LogP) is 1.16. The van der Waals surface area contributed by atoms with Crippen molar-refractivity contribution in [1.82, 2.24) is 0 Å². The average molecular weight is 343 g/mol. The molecule has 0 saturated carbocycles. The summed E-state index contributed by atoms with van der Waals surface area (Å²) in [5, 5.41) is 24.8. The highest BCUT2D eigenvalue weighted by atomic mass is 16.3. The molecular formula is C19H27N4O2+. The number of anilines is 2. The van der Waals surface area contributed by atoms with Gasteiger partial charge < -0.3 is 15.1 Å². The molecule has 2 aromatic rings. The molecule has 6 nitrogen and oxygen atoms in total. The Hall–Kier alpha value is -2.44. The number of hydrogen-bond donors (Lipinski definition) is 2. The fourth-order valence-corrected chi connectivity index (χ4v) is 2.72. The molecule has 0 bridgehead atoms. The van der Waals surface area contributed by atoms with Crippen molar-refractivity contribution in [2.75, 3.05) is 43.3 Å². The number of benzene rings is 1. The van der Waals surface area contributed by atoms with Gasteiger partial charge in [0.1, 0.15) is 12.8 Å². The number of aryl methyl sites for hydroxylation is 1. The number of aliphatic hydroxyl groups excluding tert-OH is 2. The van der Waals surface area contributed by atoms with E-state index in [1.54, 1.807) is 0 Å². The molecule has 0 radical (unpaired) electrons. The summed E-state index contributed by atoms with van der Waals surface area (Å²) < 4.78 is 2.04. The Bertz CT molecular complexity index is 695. The highest BCUT2D eigenvalue weighted by Gasteiger charge is 2.11. The van der Waals surface area contributed by atoms with Crippen LogP contribution < -0.4 is 14.5 Å². The highest BCUT2D eigenvalue weighted by Crippen LogP contribution is 2.20. The van der Waals surface area contributed by atoms with Crippen LogP contribution in [0.1, 0.15) is 12.6 Å². The van der Waals surface area contributed by atoms with E-state index in [4.69, 9.17) is 10.2 Å². The first kappa shape index (κ1) is 18.9. The Balaban J connectivity index is 2.16. The van der Waals surface area contributed by atoms with Crippen LogP contribution >= 0.6 is 0 Å². The second-order valence-electron chi connectivity index (χ2n) is 5.86. The maximum atomic E-state index is 9.15. The SMILES string of the molecule is C/C(=N\N(C)c1ccc(N(CCO)CCO)cc1)c1cccc[n+]1C. The van der Waals surface area contributed by atoms with E-state index >= 15 is 0 Å². The third kappa shape index (κ3) is 5.01. The third-order valence-electron chi connectivity index (χ3n) is 4.05. The van der Waals surface area contributed by atoms with E-state index < -0.39 is 0 Å². The van der Waals surface area contributed by atoms with Crippen LogP contribution in [-0.4, -0.2) is 49.3 Å². The lowest BCUT2D eigenvalue weighted by molar-refractivity contribution is -0.672. The number of aromatic nitrogens is 1. The molecule has 0 saturated heterocycles. The molecule has 6 heteroatoms. The zero-order valence-electron chi connectivity index (χ0n) is 15.1. The summed E-state index contributed by atoms with van der Waals surface area (Å²) in [6.45, 7) is 3.10. The molecule has 0 unspecified atom stereocenters. The predicted molar refractivity (Wildman–Crippen MR) is 101 cm³/mol. The van der Waals surface area contributed by atoms with E-state index in [0.29, 0.717) is 13.1 Å². The van der Waals surface area contributed by atoms with Crippen LogP contribution in [-0.2, 0) is 7.05 Å². The van der Waals surface area contributed by atoms with E-state index in [0.717, 1.165) is 22.8 Å². The van der Waals surface area contributed by atoms with Gasteiger partial charge in [-0.05, 0) is 37.3 Å². The molecule has 0 aliphatic carbocycles. The minimum Gasteiger partial charge on any atom is -0.395 e. The molecule has 2 N–H and O–H groups in total. The van der Waals surface area contributed by atoms with E-state index in [1.165, 1.54) is 0 Å². The minimum absolute atomic E-state index is 0.0548. The fourth-order valence-electron chi connectivity index (χ4n) is 2.72. The second kappa shape index (κ2) is 9.15. The lowest BCUT2D eigenvalue weighted by atomic mass is 10.2. The largest absolute Gasteiger partial charge is 0.395 e. The van der Waals surface area contributed by atoms with Crippen molar-refractivity contribution >= 4 is 17.1 Å². The molecule has 0 aliphatic heterocycles. The third-order valence-corrected chi connectivity index (χ3v) is 4.05. The van der Waals surface area contributed by atoms with Crippen LogP contribution in [0.4, 0.5) is 11.4 Å². The summed E-state index contributed by atoms with van der Waals surface area (Å²) >= 11 is 0. The molecule has 0 aliphatic rings. The quantitative estimate of drug-likeness (QED) is 0.429. The standard InChI is InChI=1S/C19H27N4O2/c1-16(19-6-4-5-11-21(19)2)20-22(3)17-7-9-18(10-8-17)23(12-14-24)13-15-25/h4-11,24-25H,12-15H2,1-3H3/q+1. The zero-order chi connectivity index (χ0) is 18.2. The highest BCUT2D eigenvalue weighted by molar-refractivity contribution is 5.96. The first-order chi connectivity index (χ1) is 12.1. The van der Waals surface area contributed by atoms with Crippen LogP contribution in [0, 0.1) is 0 Å². The lowest BCUT2D eigenvalue weighted by Gasteiger charge is -2.23. The van der Waals surface area contributed by atoms with Crippen molar-refractivity contribution in [3.63, 3.8) is 0 Å². The molecule has 0 spiro atoms. The van der Waals surface area contributed by atoms with Gasteiger partial charge >= 0.3 is 0 Å². The molecule has 2 rings (SSSR count). The van der Waals surface area contributed by atoms with E-state index in [2.05, 4.69) is 5.10 Å². The monoisotopic (exact) mass is 343 g/mol. The minimum atomic E-state index is 0.0548. The van der Waals surface area contributed by atoms with Gasteiger partial charge in [-0.1, -0.05) is 0 Å². The molecule has 1 aromatic heterocycles. The summed E-state index contributed by atoms with van der Waals surface area (Å²) in [7, 11) is 3.92. The van der Waals surface area contributed by atoms with Crippen molar-refractivity contribution in [2.45, 2.75) is 6.92 Å². The van der Waals surface area contributed by atoms with E-state index in [1.807, 2.05) is 84.2 Å². The molecule has 1 heterocycles. The molecule has 25 heavy (non-hydrogen) atoms. The van der Waals surface area contributed by atoms with E-state index in [-0.39, 0.29) is 13.2 Å². The molecule has 0 amide bonds. The molecule has 0 fully saturated rings. The van der Waals surface area contributed by atoms with Crippen LogP contribution in [0.2, 0.25) is 0 Å². The normalized spacial score (nSPS) is 11.5. The van der Waals surface area contributed by atoms with Crippen LogP contribution in [0.5, 0.6) is 0 Å². The Kier molecular flexibility index (Phi) is 6.91. The topological polar surface area (TPSA) is 63.2 Å². The van der Waals surface area contributed by atoms with Gasteiger partial charge in [0.25, 0.3) is 0 Å². The van der Waals surface area contributed by atoms with Crippen molar-refractivity contribution in [1.29, 1.82) is 0 Å². The molecule has 1 aromatic carbocycles. The summed E-state index contributed by atoms with van der Waals surface area (Å²) in [5.41, 5.74) is 3.92. The Labute approximate surface area is 149 Å². The summed E-state index contributed by atoms with van der Waals surface area (Å²) in [4.78, 5) is 1.95. The van der Waals surface area contributed by atoms with Crippen LogP contribution in [0.25, 0.3) is 0 Å². The number of rotatable bonds is 8. The van der Waals surface area contributed by atoms with Crippen molar-refractivity contribution < 1.29 is 14.8 Å². The molecule has 134 valence electrons. The summed E-state index contributed by atoms with van der Waals surface area (Å²) in [5.74, 6) is 0. The Morgan fingerprint density at radius 3 is 2.16 bits per heavy atom. The second-order valence-corrected chi connectivity index (χ2v) is 5.86. The van der Waals surface area contributed by atoms with Gasteiger partial charge in [-0.3, -0.25) is 5.01 Å². The van der Waals surface area contributed by atoms with Gasteiger partial charge in [0.15, 0.2) is 6.20 Å². The molecular weight excluding hydrogens is 316 g/mol. The number of hydrogen-bond acceptors (Lipinski definition) is 5. The van der Waals surface area contributed by atoms with Gasteiger partial charge in [0.2, 0.25) is 5.69 Å². The summed E-state index contributed by atoms with van der Waals surface area (Å²) in [6, 6.07) is 14.0. The Morgan fingerprint density at radius 2 is 1.60 bits per heavy atom. The first-order valence-electron chi connectivity index (χ1n) is 8.37. The van der Waals surface area contributed by atoms with Crippen molar-refractivity contribution in [3.05, 3.63) is 54.4 Å².